The standard InChI is InChI=1S/C25H30FN3O3S/c1-24(19-4-3-5-20(26)14-19)10-12-25(13-11-24)17-28(23(30)29(25)16-18-6-7-18)22-9-8-21(15-27-22)33(2,31)32/h3-5,8-9,14-15,18H,6-7,10-13,16-17H2,1-2H3/t24-,25-. The van der Waals surface area contributed by atoms with Crippen LogP contribution >= 0.6 is 0 Å². The lowest BCUT2D eigenvalue weighted by Gasteiger charge is -2.47. The number of urea groups is 1. The van der Waals surface area contributed by atoms with E-state index in [2.05, 4.69) is 16.8 Å². The molecule has 2 aliphatic carbocycles. The third kappa shape index (κ3) is 4.14. The molecule has 0 unspecified atom stereocenters. The van der Waals surface area contributed by atoms with Crippen molar-refractivity contribution in [3.8, 4) is 0 Å². The molecule has 1 aliphatic heterocycles. The first-order chi connectivity index (χ1) is 15.6. The van der Waals surface area contributed by atoms with E-state index in [1.54, 1.807) is 23.1 Å². The van der Waals surface area contributed by atoms with E-state index in [0.29, 0.717) is 18.3 Å². The van der Waals surface area contributed by atoms with Crippen LogP contribution < -0.4 is 4.90 Å². The fourth-order valence-corrected chi connectivity index (χ4v) is 5.96. The average molecular weight is 472 g/mol. The minimum Gasteiger partial charge on any atom is -0.317 e. The van der Waals surface area contributed by atoms with Crippen molar-refractivity contribution in [2.75, 3.05) is 24.2 Å². The second kappa shape index (κ2) is 7.79. The first kappa shape index (κ1) is 22.3. The molecule has 1 aromatic heterocycles. The summed E-state index contributed by atoms with van der Waals surface area (Å²) in [4.78, 5) is 21.8. The number of anilines is 1. The Bertz CT molecular complexity index is 1170. The van der Waals surface area contributed by atoms with E-state index in [-0.39, 0.29) is 27.7 Å². The Morgan fingerprint density at radius 3 is 2.42 bits per heavy atom. The molecule has 2 aromatic rings. The van der Waals surface area contributed by atoms with Gasteiger partial charge in [-0.3, -0.25) is 4.90 Å². The van der Waals surface area contributed by atoms with Gasteiger partial charge in [0.15, 0.2) is 9.84 Å². The Labute approximate surface area is 194 Å². The van der Waals surface area contributed by atoms with Gasteiger partial charge < -0.3 is 4.90 Å². The summed E-state index contributed by atoms with van der Waals surface area (Å²) in [6.45, 7) is 3.50. The monoisotopic (exact) mass is 471 g/mol. The molecule has 1 spiro atoms. The molecule has 6 nitrogen and oxygen atoms in total. The first-order valence-corrected chi connectivity index (χ1v) is 13.5. The van der Waals surface area contributed by atoms with Gasteiger partial charge in [-0.1, -0.05) is 19.1 Å². The molecule has 0 N–H and O–H groups in total. The van der Waals surface area contributed by atoms with Crippen molar-refractivity contribution in [1.82, 2.24) is 9.88 Å². The van der Waals surface area contributed by atoms with Crippen LogP contribution in [0.15, 0.2) is 47.5 Å². The number of nitrogens with zero attached hydrogens (tertiary/aromatic N) is 3. The van der Waals surface area contributed by atoms with Crippen LogP contribution in [0, 0.1) is 11.7 Å². The molecule has 0 atom stereocenters. The van der Waals surface area contributed by atoms with Gasteiger partial charge in [0.1, 0.15) is 11.6 Å². The summed E-state index contributed by atoms with van der Waals surface area (Å²) in [5.41, 5.74) is 0.624. The highest BCUT2D eigenvalue weighted by molar-refractivity contribution is 7.90. The molecular weight excluding hydrogens is 441 g/mol. The van der Waals surface area contributed by atoms with Gasteiger partial charge in [-0.25, -0.2) is 22.6 Å². The van der Waals surface area contributed by atoms with Gasteiger partial charge in [0.2, 0.25) is 0 Å². The van der Waals surface area contributed by atoms with Crippen molar-refractivity contribution in [2.24, 2.45) is 5.92 Å². The predicted octanol–water partition coefficient (Wildman–Crippen LogP) is 4.55. The molecule has 2 saturated carbocycles. The number of halogens is 1. The molecule has 8 heteroatoms. The molecule has 176 valence electrons. The van der Waals surface area contributed by atoms with Crippen LogP contribution in [-0.4, -0.2) is 49.2 Å². The van der Waals surface area contributed by atoms with E-state index >= 15 is 0 Å². The van der Waals surface area contributed by atoms with Crippen molar-refractivity contribution in [3.05, 3.63) is 54.0 Å². The number of carbonyl (C=O) groups is 1. The maximum absolute atomic E-state index is 13.9. The zero-order valence-corrected chi connectivity index (χ0v) is 19.9. The second-order valence-corrected chi connectivity index (χ2v) is 12.4. The molecular formula is C25H30FN3O3S. The lowest BCUT2D eigenvalue weighted by atomic mass is 9.65. The van der Waals surface area contributed by atoms with Crippen LogP contribution in [0.1, 0.15) is 51.0 Å². The largest absolute Gasteiger partial charge is 0.326 e. The molecule has 33 heavy (non-hydrogen) atoms. The minimum absolute atomic E-state index is 0.0455. The summed E-state index contributed by atoms with van der Waals surface area (Å²) >= 11 is 0. The minimum atomic E-state index is -3.35. The zero-order chi connectivity index (χ0) is 23.4. The lowest BCUT2D eigenvalue weighted by molar-refractivity contribution is 0.0894. The number of aromatic nitrogens is 1. The Balaban J connectivity index is 1.41. The Kier molecular flexibility index (Phi) is 5.27. The number of rotatable bonds is 5. The van der Waals surface area contributed by atoms with Gasteiger partial charge in [0, 0.05) is 19.0 Å². The zero-order valence-electron chi connectivity index (χ0n) is 19.1. The molecule has 1 saturated heterocycles. The highest BCUT2D eigenvalue weighted by atomic mass is 32.2. The van der Waals surface area contributed by atoms with Crippen LogP contribution in [0.3, 0.4) is 0 Å². The van der Waals surface area contributed by atoms with Crippen molar-refractivity contribution in [2.45, 2.75) is 61.3 Å². The smallest absolute Gasteiger partial charge is 0.317 e. The Morgan fingerprint density at radius 2 is 1.85 bits per heavy atom. The quantitative estimate of drug-likeness (QED) is 0.642. The van der Waals surface area contributed by atoms with Crippen molar-refractivity contribution < 1.29 is 17.6 Å². The lowest BCUT2D eigenvalue weighted by Crippen LogP contribution is -2.52. The van der Waals surface area contributed by atoms with Crippen LogP contribution in [0.4, 0.5) is 15.0 Å². The maximum Gasteiger partial charge on any atom is 0.326 e. The summed E-state index contributed by atoms with van der Waals surface area (Å²) in [5, 5.41) is 0. The molecule has 0 radical (unpaired) electrons. The predicted molar refractivity (Wildman–Crippen MR) is 124 cm³/mol. The highest BCUT2D eigenvalue weighted by Gasteiger charge is 2.54. The summed E-state index contributed by atoms with van der Waals surface area (Å²) in [7, 11) is -3.35. The third-order valence-corrected chi connectivity index (χ3v) is 8.95. The number of benzene rings is 1. The molecule has 3 aliphatic rings. The van der Waals surface area contributed by atoms with E-state index in [1.807, 2.05) is 6.07 Å². The molecule has 5 rings (SSSR count). The highest BCUT2D eigenvalue weighted by Crippen LogP contribution is 2.49. The average Bonchev–Trinajstić information content (AvgIpc) is 3.57. The van der Waals surface area contributed by atoms with Gasteiger partial charge >= 0.3 is 6.03 Å². The van der Waals surface area contributed by atoms with Gasteiger partial charge in [-0.2, -0.15) is 0 Å². The molecule has 2 amide bonds. The van der Waals surface area contributed by atoms with E-state index in [1.165, 1.54) is 18.3 Å². The van der Waals surface area contributed by atoms with Crippen LogP contribution in [0.2, 0.25) is 0 Å². The second-order valence-electron chi connectivity index (χ2n) is 10.3. The van der Waals surface area contributed by atoms with E-state index in [0.717, 1.165) is 56.9 Å². The Morgan fingerprint density at radius 1 is 1.12 bits per heavy atom. The number of sulfone groups is 1. The van der Waals surface area contributed by atoms with Crippen molar-refractivity contribution in [1.29, 1.82) is 0 Å². The first-order valence-electron chi connectivity index (χ1n) is 11.6. The number of amides is 2. The van der Waals surface area contributed by atoms with E-state index < -0.39 is 9.84 Å². The topological polar surface area (TPSA) is 70.6 Å². The van der Waals surface area contributed by atoms with Crippen LogP contribution in [0.25, 0.3) is 0 Å². The van der Waals surface area contributed by atoms with Crippen molar-refractivity contribution in [3.63, 3.8) is 0 Å². The normalized spacial score (nSPS) is 28.0. The fraction of sp³-hybridized carbons (Fsp3) is 0.520. The van der Waals surface area contributed by atoms with E-state index in [9.17, 15) is 17.6 Å². The number of hydrogen-bond donors (Lipinski definition) is 0. The summed E-state index contributed by atoms with van der Waals surface area (Å²) < 4.78 is 37.5. The Hall–Kier alpha value is -2.48. The number of pyridine rings is 1. The third-order valence-electron chi connectivity index (χ3n) is 7.86. The maximum atomic E-state index is 13.9. The summed E-state index contributed by atoms with van der Waals surface area (Å²) in [6, 6.07) is 9.99. The summed E-state index contributed by atoms with van der Waals surface area (Å²) in [6.07, 6.45) is 8.22. The van der Waals surface area contributed by atoms with Gasteiger partial charge in [-0.15, -0.1) is 0 Å². The molecule has 1 aromatic carbocycles. The van der Waals surface area contributed by atoms with Gasteiger partial charge in [0.05, 0.1) is 17.0 Å². The number of hydrogen-bond acceptors (Lipinski definition) is 4. The summed E-state index contributed by atoms with van der Waals surface area (Å²) in [5.74, 6) is 0.835. The van der Waals surface area contributed by atoms with Crippen LogP contribution in [0.5, 0.6) is 0 Å². The number of carbonyl (C=O) groups excluding carboxylic acids is 1. The molecule has 2 heterocycles. The van der Waals surface area contributed by atoms with Crippen molar-refractivity contribution >= 4 is 21.7 Å². The molecule has 3 fully saturated rings. The van der Waals surface area contributed by atoms with E-state index in [4.69, 9.17) is 0 Å². The van der Waals surface area contributed by atoms with Gasteiger partial charge in [0.25, 0.3) is 0 Å². The SMILES string of the molecule is CS(=O)(=O)c1ccc(N2C[C@]3(CC[C@@](C)(c4cccc(F)c4)CC3)N(CC3CC3)C2=O)nc1. The molecule has 0 bridgehead atoms. The van der Waals surface area contributed by atoms with Crippen LogP contribution in [-0.2, 0) is 15.3 Å². The van der Waals surface area contributed by atoms with Gasteiger partial charge in [-0.05, 0) is 79.7 Å². The fourth-order valence-electron chi connectivity index (χ4n) is 5.40.